The van der Waals surface area contributed by atoms with Crippen LogP contribution in [0.2, 0.25) is 0 Å². The largest absolute Gasteiger partial charge is 0.357 e. The molecule has 0 radical (unpaired) electrons. The third-order valence-corrected chi connectivity index (χ3v) is 4.51. The van der Waals surface area contributed by atoms with Crippen LogP contribution in [0.1, 0.15) is 34.1 Å². The zero-order valence-corrected chi connectivity index (χ0v) is 15.3. The van der Waals surface area contributed by atoms with Gasteiger partial charge in [0, 0.05) is 18.6 Å². The van der Waals surface area contributed by atoms with Gasteiger partial charge in [0.25, 0.3) is 0 Å². The van der Waals surface area contributed by atoms with Crippen molar-refractivity contribution in [1.82, 2.24) is 10.6 Å². The van der Waals surface area contributed by atoms with Gasteiger partial charge >= 0.3 is 0 Å². The maximum absolute atomic E-state index is 11.4. The fraction of sp³-hybridized carbons (Fsp3) is 0.917. The van der Waals surface area contributed by atoms with E-state index < -0.39 is 9.84 Å². The number of aliphatic imine (C=N–C) groups is 1. The lowest BCUT2D eigenvalue weighted by molar-refractivity contribution is 0.499. The summed E-state index contributed by atoms with van der Waals surface area (Å²) < 4.78 is 22.7. The Morgan fingerprint density at radius 3 is 2.42 bits per heavy atom. The van der Waals surface area contributed by atoms with E-state index in [4.69, 9.17) is 0 Å². The first-order chi connectivity index (χ1) is 8.22. The number of hydrogen-bond donors (Lipinski definition) is 2. The van der Waals surface area contributed by atoms with Crippen LogP contribution >= 0.6 is 24.0 Å². The van der Waals surface area contributed by atoms with E-state index in [0.717, 1.165) is 18.9 Å². The summed E-state index contributed by atoms with van der Waals surface area (Å²) >= 11 is 0. The van der Waals surface area contributed by atoms with Crippen LogP contribution in [-0.4, -0.2) is 44.5 Å². The molecule has 114 valence electrons. The summed E-state index contributed by atoms with van der Waals surface area (Å²) in [5, 5.41) is 6.46. The molecule has 1 unspecified atom stereocenters. The van der Waals surface area contributed by atoms with Crippen LogP contribution in [0.4, 0.5) is 0 Å². The molecular weight excluding hydrogens is 377 g/mol. The molecule has 2 N–H and O–H groups in total. The SMILES string of the molecule is CCNC(=NCC1CCS(=O)(=O)C1)NC(C)(C)C.I. The second-order valence-electron chi connectivity index (χ2n) is 5.86. The summed E-state index contributed by atoms with van der Waals surface area (Å²) in [5.41, 5.74) is -0.0528. The van der Waals surface area contributed by atoms with Crippen molar-refractivity contribution in [3.8, 4) is 0 Å². The fourth-order valence-electron chi connectivity index (χ4n) is 1.90. The van der Waals surface area contributed by atoms with Crippen molar-refractivity contribution in [3.63, 3.8) is 0 Å². The van der Waals surface area contributed by atoms with Gasteiger partial charge in [-0.2, -0.15) is 0 Å². The lowest BCUT2D eigenvalue weighted by atomic mass is 10.1. The van der Waals surface area contributed by atoms with Crippen LogP contribution in [0.15, 0.2) is 4.99 Å². The van der Waals surface area contributed by atoms with Crippen molar-refractivity contribution in [2.75, 3.05) is 24.6 Å². The van der Waals surface area contributed by atoms with Crippen LogP contribution < -0.4 is 10.6 Å². The van der Waals surface area contributed by atoms with Crippen LogP contribution in [0.5, 0.6) is 0 Å². The van der Waals surface area contributed by atoms with E-state index in [1.807, 2.05) is 6.92 Å². The Hall–Kier alpha value is -0.0500. The first-order valence-corrected chi connectivity index (χ1v) is 8.31. The van der Waals surface area contributed by atoms with Crippen molar-refractivity contribution in [3.05, 3.63) is 0 Å². The van der Waals surface area contributed by atoms with Crippen LogP contribution in [0, 0.1) is 5.92 Å². The molecule has 0 spiro atoms. The van der Waals surface area contributed by atoms with Gasteiger partial charge in [-0.15, -0.1) is 24.0 Å². The molecule has 1 aliphatic rings. The zero-order valence-electron chi connectivity index (χ0n) is 12.2. The summed E-state index contributed by atoms with van der Waals surface area (Å²) in [6.45, 7) is 9.59. The lowest BCUT2D eigenvalue weighted by Crippen LogP contribution is -2.47. The second kappa shape index (κ2) is 7.66. The Bertz CT molecular complexity index is 402. The van der Waals surface area contributed by atoms with Crippen molar-refractivity contribution in [1.29, 1.82) is 0 Å². The molecule has 1 heterocycles. The molecule has 19 heavy (non-hydrogen) atoms. The molecule has 1 atom stereocenters. The first kappa shape index (κ1) is 18.9. The Morgan fingerprint density at radius 2 is 2.00 bits per heavy atom. The van der Waals surface area contributed by atoms with E-state index in [0.29, 0.717) is 12.3 Å². The Kier molecular flexibility index (Phi) is 7.64. The van der Waals surface area contributed by atoms with E-state index in [9.17, 15) is 8.42 Å². The minimum atomic E-state index is -2.80. The first-order valence-electron chi connectivity index (χ1n) is 6.49. The molecule has 5 nitrogen and oxygen atoms in total. The highest BCUT2D eigenvalue weighted by molar-refractivity contribution is 14.0. The molecule has 1 fully saturated rings. The summed E-state index contributed by atoms with van der Waals surface area (Å²) in [7, 11) is -2.80. The molecule has 1 aliphatic heterocycles. The van der Waals surface area contributed by atoms with Gasteiger partial charge in [-0.3, -0.25) is 4.99 Å². The maximum atomic E-state index is 11.4. The summed E-state index contributed by atoms with van der Waals surface area (Å²) in [4.78, 5) is 4.48. The number of nitrogens with one attached hydrogen (secondary N) is 2. The summed E-state index contributed by atoms with van der Waals surface area (Å²) in [6.07, 6.45) is 0.737. The average Bonchev–Trinajstić information content (AvgIpc) is 2.53. The summed E-state index contributed by atoms with van der Waals surface area (Å²) in [5.74, 6) is 1.53. The van der Waals surface area contributed by atoms with Gasteiger partial charge in [-0.25, -0.2) is 8.42 Å². The van der Waals surface area contributed by atoms with E-state index in [2.05, 4.69) is 36.4 Å². The van der Waals surface area contributed by atoms with Gasteiger partial charge in [0.15, 0.2) is 15.8 Å². The van der Waals surface area contributed by atoms with E-state index >= 15 is 0 Å². The van der Waals surface area contributed by atoms with E-state index in [-0.39, 0.29) is 41.2 Å². The molecule has 7 heteroatoms. The number of nitrogens with zero attached hydrogens (tertiary/aromatic N) is 1. The molecule has 1 rings (SSSR count). The van der Waals surface area contributed by atoms with Crippen molar-refractivity contribution < 1.29 is 8.42 Å². The van der Waals surface area contributed by atoms with Crippen LogP contribution in [0.25, 0.3) is 0 Å². The second-order valence-corrected chi connectivity index (χ2v) is 8.09. The highest BCUT2D eigenvalue weighted by atomic mass is 127. The zero-order chi connectivity index (χ0) is 13.8. The van der Waals surface area contributed by atoms with E-state index in [1.54, 1.807) is 0 Å². The van der Waals surface area contributed by atoms with Crippen molar-refractivity contribution in [2.24, 2.45) is 10.9 Å². The normalized spacial score (nSPS) is 22.7. The molecule has 1 saturated heterocycles. The van der Waals surface area contributed by atoms with Gasteiger partial charge in [0.05, 0.1) is 11.5 Å². The molecule has 0 saturated carbocycles. The Labute approximate surface area is 134 Å². The molecule has 0 aromatic rings. The smallest absolute Gasteiger partial charge is 0.191 e. The lowest BCUT2D eigenvalue weighted by Gasteiger charge is -2.24. The molecule has 0 aliphatic carbocycles. The molecule has 0 bridgehead atoms. The van der Waals surface area contributed by atoms with Gasteiger partial charge in [-0.1, -0.05) is 0 Å². The van der Waals surface area contributed by atoms with Crippen molar-refractivity contribution >= 4 is 39.8 Å². The topological polar surface area (TPSA) is 70.6 Å². The monoisotopic (exact) mass is 403 g/mol. The number of hydrogen-bond acceptors (Lipinski definition) is 3. The number of guanidine groups is 1. The van der Waals surface area contributed by atoms with Gasteiger partial charge in [-0.05, 0) is 40.0 Å². The van der Waals surface area contributed by atoms with Gasteiger partial charge < -0.3 is 10.6 Å². The molecular formula is C12H26IN3O2S. The quantitative estimate of drug-likeness (QED) is 0.425. The molecule has 0 aromatic heterocycles. The Morgan fingerprint density at radius 1 is 1.37 bits per heavy atom. The van der Waals surface area contributed by atoms with Crippen molar-refractivity contribution in [2.45, 2.75) is 39.7 Å². The van der Waals surface area contributed by atoms with Crippen LogP contribution in [0.3, 0.4) is 0 Å². The predicted molar refractivity (Wildman–Crippen MR) is 91.0 cm³/mol. The minimum Gasteiger partial charge on any atom is -0.357 e. The Balaban J connectivity index is 0.00000324. The van der Waals surface area contributed by atoms with Crippen LogP contribution in [-0.2, 0) is 9.84 Å². The number of rotatable bonds is 3. The molecule has 0 amide bonds. The highest BCUT2D eigenvalue weighted by Gasteiger charge is 2.27. The maximum Gasteiger partial charge on any atom is 0.191 e. The number of sulfone groups is 1. The minimum absolute atomic E-state index is 0. The standard InChI is InChI=1S/C12H25N3O2S.HI/c1-5-13-11(15-12(2,3)4)14-8-10-6-7-18(16,17)9-10;/h10H,5-9H2,1-4H3,(H2,13,14,15);1H. The predicted octanol–water partition coefficient (Wildman–Crippen LogP) is 1.39. The highest BCUT2D eigenvalue weighted by Crippen LogP contribution is 2.18. The third-order valence-electron chi connectivity index (χ3n) is 2.67. The number of halogens is 1. The van der Waals surface area contributed by atoms with Gasteiger partial charge in [0.2, 0.25) is 0 Å². The third kappa shape index (κ3) is 7.96. The van der Waals surface area contributed by atoms with Gasteiger partial charge in [0.1, 0.15) is 0 Å². The molecule has 0 aromatic carbocycles. The average molecular weight is 403 g/mol. The summed E-state index contributed by atoms with van der Waals surface area (Å²) in [6, 6.07) is 0. The van der Waals surface area contributed by atoms with E-state index in [1.165, 1.54) is 0 Å². The fourth-order valence-corrected chi connectivity index (χ4v) is 3.75.